The van der Waals surface area contributed by atoms with E-state index >= 15 is 0 Å². The standard InChI is InChI=1S/C13H14N2O2/c1-9-12(8-15(2)14-9)13(16)10-4-6-11(17-3)7-5-10/h4-8H,1-3H3. The SMILES string of the molecule is COc1ccc(C(=O)c2cn(C)nc2C)cc1. The highest BCUT2D eigenvalue weighted by Crippen LogP contribution is 2.16. The summed E-state index contributed by atoms with van der Waals surface area (Å²) < 4.78 is 6.70. The van der Waals surface area contributed by atoms with Crippen molar-refractivity contribution in [1.82, 2.24) is 9.78 Å². The molecular formula is C13H14N2O2. The van der Waals surface area contributed by atoms with E-state index in [1.807, 2.05) is 6.92 Å². The quantitative estimate of drug-likeness (QED) is 0.757. The number of aryl methyl sites for hydroxylation is 2. The minimum Gasteiger partial charge on any atom is -0.497 e. The molecule has 0 fully saturated rings. The van der Waals surface area contributed by atoms with Crippen molar-refractivity contribution in [3.8, 4) is 5.75 Å². The van der Waals surface area contributed by atoms with E-state index in [4.69, 9.17) is 4.74 Å². The van der Waals surface area contributed by atoms with E-state index in [1.165, 1.54) is 0 Å². The average molecular weight is 230 g/mol. The number of aromatic nitrogens is 2. The summed E-state index contributed by atoms with van der Waals surface area (Å²) in [4.78, 5) is 12.2. The Morgan fingerprint density at radius 1 is 1.29 bits per heavy atom. The van der Waals surface area contributed by atoms with E-state index in [1.54, 1.807) is 49.3 Å². The van der Waals surface area contributed by atoms with E-state index in [0.29, 0.717) is 11.1 Å². The number of rotatable bonds is 3. The van der Waals surface area contributed by atoms with Gasteiger partial charge in [-0.15, -0.1) is 0 Å². The van der Waals surface area contributed by atoms with Gasteiger partial charge in [-0.2, -0.15) is 5.10 Å². The lowest BCUT2D eigenvalue weighted by atomic mass is 10.0. The predicted molar refractivity (Wildman–Crippen MR) is 64.4 cm³/mol. The third-order valence-electron chi connectivity index (χ3n) is 2.61. The van der Waals surface area contributed by atoms with Crippen molar-refractivity contribution in [1.29, 1.82) is 0 Å². The lowest BCUT2D eigenvalue weighted by Crippen LogP contribution is -2.01. The van der Waals surface area contributed by atoms with Crippen LogP contribution in [0.25, 0.3) is 0 Å². The molecule has 0 bridgehead atoms. The molecular weight excluding hydrogens is 216 g/mol. The number of hydrogen-bond acceptors (Lipinski definition) is 3. The smallest absolute Gasteiger partial charge is 0.196 e. The van der Waals surface area contributed by atoms with Crippen molar-refractivity contribution in [2.45, 2.75) is 6.92 Å². The zero-order valence-corrected chi connectivity index (χ0v) is 10.1. The molecule has 2 aromatic rings. The van der Waals surface area contributed by atoms with Gasteiger partial charge >= 0.3 is 0 Å². The van der Waals surface area contributed by atoms with Crippen molar-refractivity contribution in [2.75, 3.05) is 7.11 Å². The first-order chi connectivity index (χ1) is 8.11. The molecule has 0 spiro atoms. The Bertz CT molecular complexity index is 541. The summed E-state index contributed by atoms with van der Waals surface area (Å²) in [5, 5.41) is 4.16. The first-order valence-corrected chi connectivity index (χ1v) is 5.31. The minimum absolute atomic E-state index is 0.0155. The fourth-order valence-electron chi connectivity index (χ4n) is 1.72. The first-order valence-electron chi connectivity index (χ1n) is 5.31. The van der Waals surface area contributed by atoms with Crippen molar-refractivity contribution >= 4 is 5.78 Å². The zero-order valence-electron chi connectivity index (χ0n) is 10.1. The van der Waals surface area contributed by atoms with Crippen molar-refractivity contribution in [2.24, 2.45) is 7.05 Å². The number of benzene rings is 1. The molecule has 0 unspecified atom stereocenters. The monoisotopic (exact) mass is 230 g/mol. The van der Waals surface area contributed by atoms with Gasteiger partial charge in [0.05, 0.1) is 18.4 Å². The molecule has 4 heteroatoms. The summed E-state index contributed by atoms with van der Waals surface area (Å²) in [5.74, 6) is 0.725. The Hall–Kier alpha value is -2.10. The Morgan fingerprint density at radius 3 is 2.41 bits per heavy atom. The molecule has 0 aliphatic carbocycles. The maximum absolute atomic E-state index is 12.2. The summed E-state index contributed by atoms with van der Waals surface area (Å²) in [6.07, 6.45) is 1.74. The van der Waals surface area contributed by atoms with Gasteiger partial charge in [-0.05, 0) is 31.2 Å². The maximum Gasteiger partial charge on any atom is 0.196 e. The van der Waals surface area contributed by atoms with Gasteiger partial charge in [-0.1, -0.05) is 0 Å². The van der Waals surface area contributed by atoms with Gasteiger partial charge in [-0.25, -0.2) is 0 Å². The van der Waals surface area contributed by atoms with Crippen LogP contribution in [0.4, 0.5) is 0 Å². The number of ketones is 1. The van der Waals surface area contributed by atoms with Gasteiger partial charge in [0.1, 0.15) is 5.75 Å². The lowest BCUT2D eigenvalue weighted by molar-refractivity contribution is 0.103. The molecule has 88 valence electrons. The van der Waals surface area contributed by atoms with Crippen LogP contribution in [0.1, 0.15) is 21.6 Å². The third kappa shape index (κ3) is 2.20. The predicted octanol–water partition coefficient (Wildman–Crippen LogP) is 1.97. The minimum atomic E-state index is -0.0155. The Labute approximate surface area is 99.8 Å². The zero-order chi connectivity index (χ0) is 12.4. The second kappa shape index (κ2) is 4.41. The van der Waals surface area contributed by atoms with Crippen LogP contribution in [0.3, 0.4) is 0 Å². The van der Waals surface area contributed by atoms with Crippen LogP contribution in [0.15, 0.2) is 30.5 Å². The highest BCUT2D eigenvalue weighted by Gasteiger charge is 2.14. The number of ether oxygens (including phenoxy) is 1. The average Bonchev–Trinajstić information content (AvgIpc) is 2.68. The normalized spacial score (nSPS) is 10.3. The molecule has 4 nitrogen and oxygen atoms in total. The highest BCUT2D eigenvalue weighted by molar-refractivity contribution is 6.09. The van der Waals surface area contributed by atoms with Crippen LogP contribution in [0, 0.1) is 6.92 Å². The summed E-state index contributed by atoms with van der Waals surface area (Å²) in [6.45, 7) is 1.83. The van der Waals surface area contributed by atoms with E-state index in [2.05, 4.69) is 5.10 Å². The van der Waals surface area contributed by atoms with Crippen LogP contribution in [-0.2, 0) is 7.05 Å². The first kappa shape index (κ1) is 11.4. The van der Waals surface area contributed by atoms with Crippen molar-refractivity contribution < 1.29 is 9.53 Å². The third-order valence-corrected chi connectivity index (χ3v) is 2.61. The Balaban J connectivity index is 2.33. The van der Waals surface area contributed by atoms with E-state index in [9.17, 15) is 4.79 Å². The van der Waals surface area contributed by atoms with Crippen LogP contribution in [-0.4, -0.2) is 22.7 Å². The summed E-state index contributed by atoms with van der Waals surface area (Å²) in [5.41, 5.74) is 2.02. The molecule has 0 atom stereocenters. The van der Waals surface area contributed by atoms with Gasteiger partial charge < -0.3 is 4.74 Å². The van der Waals surface area contributed by atoms with Gasteiger partial charge in [0, 0.05) is 18.8 Å². The summed E-state index contributed by atoms with van der Waals surface area (Å²) in [6, 6.07) is 7.07. The van der Waals surface area contributed by atoms with Crippen LogP contribution >= 0.6 is 0 Å². The number of nitrogens with zero attached hydrogens (tertiary/aromatic N) is 2. The second-order valence-corrected chi connectivity index (χ2v) is 3.86. The summed E-state index contributed by atoms with van der Waals surface area (Å²) >= 11 is 0. The molecule has 17 heavy (non-hydrogen) atoms. The molecule has 2 rings (SSSR count). The highest BCUT2D eigenvalue weighted by atomic mass is 16.5. The number of carbonyl (C=O) groups excluding carboxylic acids is 1. The fourth-order valence-corrected chi connectivity index (χ4v) is 1.72. The molecule has 0 N–H and O–H groups in total. The topological polar surface area (TPSA) is 44.1 Å². The van der Waals surface area contributed by atoms with Gasteiger partial charge in [0.2, 0.25) is 0 Å². The number of methoxy groups -OCH3 is 1. The Kier molecular flexibility index (Phi) is 2.95. The van der Waals surface area contributed by atoms with Gasteiger partial charge in [0.15, 0.2) is 5.78 Å². The summed E-state index contributed by atoms with van der Waals surface area (Å²) in [7, 11) is 3.40. The molecule has 0 amide bonds. The molecule has 0 aliphatic rings. The van der Waals surface area contributed by atoms with E-state index in [-0.39, 0.29) is 5.78 Å². The number of carbonyl (C=O) groups is 1. The van der Waals surface area contributed by atoms with Crippen molar-refractivity contribution in [3.05, 3.63) is 47.3 Å². The lowest BCUT2D eigenvalue weighted by Gasteiger charge is -2.01. The van der Waals surface area contributed by atoms with Crippen LogP contribution in [0.2, 0.25) is 0 Å². The molecule has 0 aliphatic heterocycles. The van der Waals surface area contributed by atoms with Crippen molar-refractivity contribution in [3.63, 3.8) is 0 Å². The van der Waals surface area contributed by atoms with Crippen LogP contribution in [0.5, 0.6) is 5.75 Å². The van der Waals surface area contributed by atoms with E-state index < -0.39 is 0 Å². The van der Waals surface area contributed by atoms with Gasteiger partial charge in [-0.3, -0.25) is 9.48 Å². The second-order valence-electron chi connectivity index (χ2n) is 3.86. The largest absolute Gasteiger partial charge is 0.497 e. The van der Waals surface area contributed by atoms with E-state index in [0.717, 1.165) is 11.4 Å². The molecule has 0 saturated heterocycles. The molecule has 0 saturated carbocycles. The molecule has 0 radical (unpaired) electrons. The van der Waals surface area contributed by atoms with Gasteiger partial charge in [0.25, 0.3) is 0 Å². The Morgan fingerprint density at radius 2 is 1.94 bits per heavy atom. The molecule has 1 aromatic carbocycles. The fraction of sp³-hybridized carbons (Fsp3) is 0.231. The maximum atomic E-state index is 12.2. The molecule has 1 heterocycles. The number of hydrogen-bond donors (Lipinski definition) is 0. The van der Waals surface area contributed by atoms with Crippen LogP contribution < -0.4 is 4.74 Å². The molecule has 1 aromatic heterocycles.